The Hall–Kier alpha value is -1.97. The molecule has 9 heteroatoms. The van der Waals surface area contributed by atoms with Gasteiger partial charge in [0, 0.05) is 6.54 Å². The Morgan fingerprint density at radius 3 is 2.71 bits per heavy atom. The molecule has 0 spiro atoms. The standard InChI is InChI=1S/C19H26FN3O3S2/c1-4-21-19(23-14(3)15-8-7-13(2)17(20)10-15)22-11-16(24)12-28(25,26)18-6-5-9-27-18/h5-10,14,16,24H,4,11-12H2,1-3H3,(H2,21,22,23). The summed E-state index contributed by atoms with van der Waals surface area (Å²) < 4.78 is 38.5. The Bertz CT molecular complexity index is 899. The molecule has 0 saturated carbocycles. The number of hydrogen-bond acceptors (Lipinski definition) is 5. The molecule has 0 bridgehead atoms. The number of aliphatic imine (C=N–C) groups is 1. The van der Waals surface area contributed by atoms with Gasteiger partial charge in [0.05, 0.1) is 24.4 Å². The van der Waals surface area contributed by atoms with Crippen LogP contribution in [0.4, 0.5) is 4.39 Å². The maximum Gasteiger partial charge on any atom is 0.191 e. The summed E-state index contributed by atoms with van der Waals surface area (Å²) in [5.41, 5.74) is 1.33. The molecule has 1 aromatic carbocycles. The van der Waals surface area contributed by atoms with Crippen LogP contribution in [0, 0.1) is 12.7 Å². The van der Waals surface area contributed by atoms with E-state index in [1.165, 1.54) is 12.1 Å². The van der Waals surface area contributed by atoms with Gasteiger partial charge in [0.15, 0.2) is 15.8 Å². The van der Waals surface area contributed by atoms with Crippen LogP contribution in [0.15, 0.2) is 44.9 Å². The lowest BCUT2D eigenvalue weighted by atomic mass is 10.1. The first kappa shape index (κ1) is 22.3. The molecular formula is C19H26FN3O3S2. The molecule has 154 valence electrons. The predicted molar refractivity (Wildman–Crippen MR) is 111 cm³/mol. The van der Waals surface area contributed by atoms with Crippen LogP contribution in [-0.2, 0) is 9.84 Å². The van der Waals surface area contributed by atoms with E-state index >= 15 is 0 Å². The van der Waals surface area contributed by atoms with Crippen molar-refractivity contribution in [2.45, 2.75) is 37.1 Å². The van der Waals surface area contributed by atoms with Crippen molar-refractivity contribution in [2.75, 3.05) is 18.8 Å². The Morgan fingerprint density at radius 1 is 1.36 bits per heavy atom. The second kappa shape index (κ2) is 9.99. The van der Waals surface area contributed by atoms with Gasteiger partial charge in [-0.2, -0.15) is 0 Å². The molecule has 1 aromatic heterocycles. The van der Waals surface area contributed by atoms with E-state index in [4.69, 9.17) is 0 Å². The molecule has 28 heavy (non-hydrogen) atoms. The number of sulfone groups is 1. The van der Waals surface area contributed by atoms with Crippen molar-refractivity contribution in [2.24, 2.45) is 4.99 Å². The molecule has 6 nitrogen and oxygen atoms in total. The van der Waals surface area contributed by atoms with Crippen molar-refractivity contribution in [3.05, 3.63) is 52.7 Å². The van der Waals surface area contributed by atoms with Gasteiger partial charge in [-0.25, -0.2) is 12.8 Å². The minimum atomic E-state index is -3.53. The number of nitrogens with zero attached hydrogens (tertiary/aromatic N) is 1. The minimum absolute atomic E-state index is 0.0745. The third-order valence-corrected chi connectivity index (χ3v) is 7.35. The van der Waals surface area contributed by atoms with Gasteiger partial charge in [-0.1, -0.05) is 18.2 Å². The number of rotatable bonds is 8. The van der Waals surface area contributed by atoms with E-state index in [2.05, 4.69) is 15.6 Å². The van der Waals surface area contributed by atoms with Gasteiger partial charge in [0.2, 0.25) is 0 Å². The van der Waals surface area contributed by atoms with Gasteiger partial charge in [-0.15, -0.1) is 11.3 Å². The van der Waals surface area contributed by atoms with E-state index < -0.39 is 21.7 Å². The first-order valence-corrected chi connectivity index (χ1v) is 11.5. The molecule has 2 atom stereocenters. The lowest BCUT2D eigenvalue weighted by Crippen LogP contribution is -2.39. The number of nitrogens with one attached hydrogen (secondary N) is 2. The fraction of sp³-hybridized carbons (Fsp3) is 0.421. The van der Waals surface area contributed by atoms with E-state index in [9.17, 15) is 17.9 Å². The average molecular weight is 428 g/mol. The molecule has 2 aromatic rings. The van der Waals surface area contributed by atoms with Crippen molar-refractivity contribution in [3.63, 3.8) is 0 Å². The maximum atomic E-state index is 13.8. The highest BCUT2D eigenvalue weighted by atomic mass is 32.2. The van der Waals surface area contributed by atoms with Crippen molar-refractivity contribution in [1.82, 2.24) is 10.6 Å². The molecule has 0 aliphatic rings. The number of halogens is 1. The summed E-state index contributed by atoms with van der Waals surface area (Å²) in [6, 6.07) is 7.97. The number of aryl methyl sites for hydroxylation is 1. The van der Waals surface area contributed by atoms with Crippen molar-refractivity contribution >= 4 is 27.1 Å². The van der Waals surface area contributed by atoms with Gasteiger partial charge in [0.1, 0.15) is 10.0 Å². The molecule has 0 aliphatic carbocycles. The molecular weight excluding hydrogens is 401 g/mol. The lowest BCUT2D eigenvalue weighted by Gasteiger charge is -2.19. The fourth-order valence-electron chi connectivity index (χ4n) is 2.51. The van der Waals surface area contributed by atoms with Crippen molar-refractivity contribution in [3.8, 4) is 0 Å². The zero-order chi connectivity index (χ0) is 20.7. The molecule has 0 radical (unpaired) electrons. The monoisotopic (exact) mass is 427 g/mol. The number of benzene rings is 1. The number of aliphatic hydroxyl groups excluding tert-OH is 1. The van der Waals surface area contributed by atoms with E-state index in [1.807, 2.05) is 19.9 Å². The highest BCUT2D eigenvalue weighted by Gasteiger charge is 2.20. The number of hydrogen-bond donors (Lipinski definition) is 3. The second-order valence-corrected chi connectivity index (χ2v) is 9.67. The molecule has 2 rings (SSSR count). The van der Waals surface area contributed by atoms with Crippen LogP contribution in [0.25, 0.3) is 0 Å². The largest absolute Gasteiger partial charge is 0.390 e. The van der Waals surface area contributed by atoms with Crippen molar-refractivity contribution in [1.29, 1.82) is 0 Å². The first-order chi connectivity index (χ1) is 13.2. The number of guanidine groups is 1. The quantitative estimate of drug-likeness (QED) is 0.445. The van der Waals surface area contributed by atoms with Gasteiger partial charge in [-0.05, 0) is 49.4 Å². The molecule has 0 amide bonds. The summed E-state index contributed by atoms with van der Waals surface area (Å²) >= 11 is 1.12. The average Bonchev–Trinajstić information content (AvgIpc) is 3.17. The van der Waals surface area contributed by atoms with Gasteiger partial charge < -0.3 is 15.7 Å². The summed E-state index contributed by atoms with van der Waals surface area (Å²) in [5.74, 6) is -0.249. The Balaban J connectivity index is 2.01. The molecule has 0 fully saturated rings. The zero-order valence-corrected chi connectivity index (χ0v) is 17.8. The molecule has 0 aliphatic heterocycles. The van der Waals surface area contributed by atoms with Crippen LogP contribution in [0.1, 0.15) is 31.0 Å². The summed E-state index contributed by atoms with van der Waals surface area (Å²) in [5, 5.41) is 18.0. The van der Waals surface area contributed by atoms with E-state index in [0.29, 0.717) is 18.1 Å². The number of thiophene rings is 1. The second-order valence-electron chi connectivity index (χ2n) is 6.46. The summed E-state index contributed by atoms with van der Waals surface area (Å²) in [6.07, 6.45) is -1.13. The van der Waals surface area contributed by atoms with E-state index in [1.54, 1.807) is 24.4 Å². The Kier molecular flexibility index (Phi) is 7.97. The Labute approximate surface area is 169 Å². The highest BCUT2D eigenvalue weighted by Crippen LogP contribution is 2.18. The van der Waals surface area contributed by atoms with Crippen LogP contribution in [0.3, 0.4) is 0 Å². The smallest absolute Gasteiger partial charge is 0.191 e. The molecule has 2 unspecified atom stereocenters. The van der Waals surface area contributed by atoms with E-state index in [0.717, 1.165) is 16.9 Å². The molecule has 0 saturated heterocycles. The number of aliphatic hydroxyl groups is 1. The summed E-state index contributed by atoms with van der Waals surface area (Å²) in [6.45, 7) is 5.98. The van der Waals surface area contributed by atoms with E-state index in [-0.39, 0.29) is 22.6 Å². The van der Waals surface area contributed by atoms with Gasteiger partial charge >= 0.3 is 0 Å². The molecule has 1 heterocycles. The van der Waals surface area contributed by atoms with Gasteiger partial charge in [0.25, 0.3) is 0 Å². The zero-order valence-electron chi connectivity index (χ0n) is 16.1. The fourth-order valence-corrected chi connectivity index (χ4v) is 4.98. The third-order valence-electron chi connectivity index (χ3n) is 4.07. The summed E-state index contributed by atoms with van der Waals surface area (Å²) in [4.78, 5) is 4.27. The van der Waals surface area contributed by atoms with Crippen LogP contribution >= 0.6 is 11.3 Å². The predicted octanol–water partition coefficient (Wildman–Crippen LogP) is 2.65. The maximum absolute atomic E-state index is 13.8. The first-order valence-electron chi connectivity index (χ1n) is 8.98. The topological polar surface area (TPSA) is 90.8 Å². The van der Waals surface area contributed by atoms with Gasteiger partial charge in [-0.3, -0.25) is 4.99 Å². The van der Waals surface area contributed by atoms with Crippen LogP contribution < -0.4 is 10.6 Å². The van der Waals surface area contributed by atoms with Crippen molar-refractivity contribution < 1.29 is 17.9 Å². The Morgan fingerprint density at radius 2 is 2.11 bits per heavy atom. The third kappa shape index (κ3) is 6.29. The normalized spacial score (nSPS) is 14.5. The highest BCUT2D eigenvalue weighted by molar-refractivity contribution is 7.93. The lowest BCUT2D eigenvalue weighted by molar-refractivity contribution is 0.206. The van der Waals surface area contributed by atoms with Crippen LogP contribution in [0.5, 0.6) is 0 Å². The van der Waals surface area contributed by atoms with Crippen LogP contribution in [-0.4, -0.2) is 44.4 Å². The van der Waals surface area contributed by atoms with Crippen LogP contribution in [0.2, 0.25) is 0 Å². The SMILES string of the molecule is CCNC(=NCC(O)CS(=O)(=O)c1cccs1)NC(C)c1ccc(C)c(F)c1. The molecule has 3 N–H and O–H groups in total. The summed E-state index contributed by atoms with van der Waals surface area (Å²) in [7, 11) is -3.53. The minimum Gasteiger partial charge on any atom is -0.390 e.